The second kappa shape index (κ2) is 7.63. The predicted molar refractivity (Wildman–Crippen MR) is 65.4 cm³/mol. The molecule has 100 valence electrons. The number of carbonyl (C=O) groups is 1. The average molecular weight is 244 g/mol. The highest BCUT2D eigenvalue weighted by Gasteiger charge is 2.26. The Hall–Kier alpha value is -0.650. The fourth-order valence-electron chi connectivity index (χ4n) is 2.32. The Bertz CT molecular complexity index is 228. The molecule has 5 nitrogen and oxygen atoms in total. The van der Waals surface area contributed by atoms with E-state index in [0.29, 0.717) is 12.5 Å². The van der Waals surface area contributed by atoms with E-state index in [2.05, 4.69) is 5.32 Å². The molecule has 1 fully saturated rings. The molecule has 1 rings (SSSR count). The van der Waals surface area contributed by atoms with Gasteiger partial charge in [-0.3, -0.25) is 4.79 Å². The lowest BCUT2D eigenvalue weighted by molar-refractivity contribution is -0.127. The van der Waals surface area contributed by atoms with Gasteiger partial charge in [0.05, 0.1) is 19.3 Å². The topological polar surface area (TPSA) is 84.6 Å². The Morgan fingerprint density at radius 1 is 1.47 bits per heavy atom. The third-order valence-corrected chi connectivity index (χ3v) is 3.49. The van der Waals surface area contributed by atoms with E-state index < -0.39 is 0 Å². The van der Waals surface area contributed by atoms with Crippen molar-refractivity contribution in [3.63, 3.8) is 0 Å². The van der Waals surface area contributed by atoms with Crippen LogP contribution in [0.1, 0.15) is 25.7 Å². The van der Waals surface area contributed by atoms with Gasteiger partial charge < -0.3 is 20.9 Å². The van der Waals surface area contributed by atoms with Crippen molar-refractivity contribution in [1.29, 1.82) is 0 Å². The monoisotopic (exact) mass is 244 g/mol. The summed E-state index contributed by atoms with van der Waals surface area (Å²) in [7, 11) is 1.56. The van der Waals surface area contributed by atoms with Gasteiger partial charge in [-0.15, -0.1) is 0 Å². The van der Waals surface area contributed by atoms with E-state index in [1.54, 1.807) is 7.11 Å². The number of hydrogen-bond donors (Lipinski definition) is 3. The van der Waals surface area contributed by atoms with Crippen molar-refractivity contribution in [2.24, 2.45) is 17.6 Å². The molecule has 0 aromatic rings. The number of methoxy groups -OCH3 is 1. The van der Waals surface area contributed by atoms with Crippen molar-refractivity contribution < 1.29 is 14.6 Å². The minimum atomic E-state index is -0.292. The number of rotatable bonds is 6. The lowest BCUT2D eigenvalue weighted by atomic mass is 9.81. The van der Waals surface area contributed by atoms with Crippen molar-refractivity contribution in [2.75, 3.05) is 26.9 Å². The van der Waals surface area contributed by atoms with Crippen LogP contribution in [0.5, 0.6) is 0 Å². The van der Waals surface area contributed by atoms with E-state index in [1.807, 2.05) is 0 Å². The van der Waals surface area contributed by atoms with Gasteiger partial charge in [-0.05, 0) is 38.1 Å². The van der Waals surface area contributed by atoms with Crippen molar-refractivity contribution in [1.82, 2.24) is 5.32 Å². The summed E-state index contributed by atoms with van der Waals surface area (Å²) in [6, 6.07) is -0.292. The minimum absolute atomic E-state index is 0.0385. The molecule has 0 aliphatic heterocycles. The largest absolute Gasteiger partial charge is 0.394 e. The van der Waals surface area contributed by atoms with Crippen molar-refractivity contribution in [3.05, 3.63) is 0 Å². The van der Waals surface area contributed by atoms with Crippen LogP contribution < -0.4 is 11.1 Å². The molecule has 1 saturated carbocycles. The number of nitrogens with one attached hydrogen (secondary N) is 1. The number of amides is 1. The number of hydrogen-bond acceptors (Lipinski definition) is 4. The average Bonchev–Trinajstić information content (AvgIpc) is 2.38. The van der Waals surface area contributed by atoms with E-state index in [9.17, 15) is 4.79 Å². The molecule has 0 bridgehead atoms. The molecule has 0 spiro atoms. The molecule has 0 heterocycles. The van der Waals surface area contributed by atoms with Crippen LogP contribution in [0.15, 0.2) is 0 Å². The second-order valence-corrected chi connectivity index (χ2v) is 4.80. The lowest BCUT2D eigenvalue weighted by Gasteiger charge is -2.28. The van der Waals surface area contributed by atoms with Gasteiger partial charge in [-0.1, -0.05) is 0 Å². The Labute approximate surface area is 103 Å². The molecule has 1 aliphatic carbocycles. The quantitative estimate of drug-likeness (QED) is 0.608. The summed E-state index contributed by atoms with van der Waals surface area (Å²) in [5.41, 5.74) is 5.62. The third-order valence-electron chi connectivity index (χ3n) is 3.49. The zero-order chi connectivity index (χ0) is 12.7. The maximum Gasteiger partial charge on any atom is 0.223 e. The van der Waals surface area contributed by atoms with E-state index >= 15 is 0 Å². The summed E-state index contributed by atoms with van der Waals surface area (Å²) >= 11 is 0. The molecule has 0 radical (unpaired) electrons. The number of nitrogens with two attached hydrogens (primary N) is 1. The van der Waals surface area contributed by atoms with E-state index in [4.69, 9.17) is 15.6 Å². The van der Waals surface area contributed by atoms with Gasteiger partial charge in [0.15, 0.2) is 0 Å². The maximum atomic E-state index is 11.9. The summed E-state index contributed by atoms with van der Waals surface area (Å²) in [6.45, 7) is 0.982. The molecular formula is C12H24N2O3. The predicted octanol–water partition coefficient (Wildman–Crippen LogP) is -0.125. The Morgan fingerprint density at radius 2 is 2.12 bits per heavy atom. The van der Waals surface area contributed by atoms with E-state index in [0.717, 1.165) is 32.2 Å². The first-order valence-corrected chi connectivity index (χ1v) is 6.31. The van der Waals surface area contributed by atoms with Crippen LogP contribution in [0, 0.1) is 11.8 Å². The number of ether oxygens (including phenoxy) is 1. The molecule has 0 aromatic heterocycles. The van der Waals surface area contributed by atoms with E-state index in [1.165, 1.54) is 0 Å². The Morgan fingerprint density at radius 3 is 2.59 bits per heavy atom. The molecule has 0 aromatic carbocycles. The summed E-state index contributed by atoms with van der Waals surface area (Å²) in [6.07, 6.45) is 3.86. The zero-order valence-corrected chi connectivity index (χ0v) is 10.5. The number of carbonyl (C=O) groups excluding carboxylic acids is 1. The van der Waals surface area contributed by atoms with Gasteiger partial charge in [-0.2, -0.15) is 0 Å². The summed E-state index contributed by atoms with van der Waals surface area (Å²) in [4.78, 5) is 11.9. The minimum Gasteiger partial charge on any atom is -0.394 e. The normalized spacial score (nSPS) is 26.5. The fourth-order valence-corrected chi connectivity index (χ4v) is 2.32. The first-order chi connectivity index (χ1) is 8.21. The van der Waals surface area contributed by atoms with Gasteiger partial charge in [-0.25, -0.2) is 0 Å². The van der Waals surface area contributed by atoms with Crippen LogP contribution in [0.25, 0.3) is 0 Å². The van der Waals surface area contributed by atoms with Gasteiger partial charge in [0.25, 0.3) is 0 Å². The van der Waals surface area contributed by atoms with Crippen molar-refractivity contribution >= 4 is 5.91 Å². The molecular weight excluding hydrogens is 220 g/mol. The standard InChI is InChI=1S/C12H24N2O3/c1-17-8-11(7-15)14-12(16)10-4-2-9(6-13)3-5-10/h9-11,15H,2-8,13H2,1H3,(H,14,16). The smallest absolute Gasteiger partial charge is 0.223 e. The lowest BCUT2D eigenvalue weighted by Crippen LogP contribution is -2.44. The van der Waals surface area contributed by atoms with Crippen LogP contribution in [-0.4, -0.2) is 43.9 Å². The summed E-state index contributed by atoms with van der Waals surface area (Å²) < 4.78 is 4.93. The molecule has 4 N–H and O–H groups in total. The van der Waals surface area contributed by atoms with Gasteiger partial charge >= 0.3 is 0 Å². The first-order valence-electron chi connectivity index (χ1n) is 6.31. The van der Waals surface area contributed by atoms with Gasteiger partial charge in [0, 0.05) is 13.0 Å². The summed E-state index contributed by atoms with van der Waals surface area (Å²) in [5, 5.41) is 11.9. The van der Waals surface area contributed by atoms with Gasteiger partial charge in [0.1, 0.15) is 0 Å². The van der Waals surface area contributed by atoms with Crippen LogP contribution in [0.3, 0.4) is 0 Å². The third kappa shape index (κ3) is 4.61. The van der Waals surface area contributed by atoms with Crippen molar-refractivity contribution in [2.45, 2.75) is 31.7 Å². The molecule has 1 amide bonds. The zero-order valence-electron chi connectivity index (χ0n) is 10.5. The van der Waals surface area contributed by atoms with Crippen LogP contribution in [0.2, 0.25) is 0 Å². The molecule has 1 unspecified atom stereocenters. The van der Waals surface area contributed by atoms with Gasteiger partial charge in [0.2, 0.25) is 5.91 Å². The number of aliphatic hydroxyl groups is 1. The highest BCUT2D eigenvalue weighted by molar-refractivity contribution is 5.79. The summed E-state index contributed by atoms with van der Waals surface area (Å²) in [5.74, 6) is 0.687. The Balaban J connectivity index is 2.32. The fraction of sp³-hybridized carbons (Fsp3) is 0.917. The molecule has 0 saturated heterocycles. The number of aliphatic hydroxyl groups excluding tert-OH is 1. The maximum absolute atomic E-state index is 11.9. The highest BCUT2D eigenvalue weighted by Crippen LogP contribution is 2.28. The highest BCUT2D eigenvalue weighted by atomic mass is 16.5. The molecule has 1 atom stereocenters. The molecule has 1 aliphatic rings. The Kier molecular flexibility index (Phi) is 6.47. The first kappa shape index (κ1) is 14.4. The second-order valence-electron chi connectivity index (χ2n) is 4.80. The van der Waals surface area contributed by atoms with Crippen LogP contribution >= 0.6 is 0 Å². The van der Waals surface area contributed by atoms with Crippen LogP contribution in [0.4, 0.5) is 0 Å². The van der Waals surface area contributed by atoms with Crippen molar-refractivity contribution in [3.8, 4) is 0 Å². The van der Waals surface area contributed by atoms with E-state index in [-0.39, 0.29) is 24.5 Å². The molecule has 17 heavy (non-hydrogen) atoms. The van der Waals surface area contributed by atoms with Crippen LogP contribution in [-0.2, 0) is 9.53 Å². The SMILES string of the molecule is COCC(CO)NC(=O)C1CCC(CN)CC1. The molecule has 5 heteroatoms.